The molecule has 2 aliphatic rings. The molecule has 8 nitrogen and oxygen atoms in total. The maximum absolute atomic E-state index is 13.6. The SMILES string of the molecule is CCOC(=O)C1CCN(c2c(C=C3SC(=S)N(CCCOC)C3=O)c(=O)n(C)c3ccccc23)CC1. The summed E-state index contributed by atoms with van der Waals surface area (Å²) in [5.74, 6) is -0.502. The van der Waals surface area contributed by atoms with Gasteiger partial charge >= 0.3 is 5.97 Å². The molecule has 1 amide bonds. The number of piperidine rings is 1. The van der Waals surface area contributed by atoms with E-state index in [1.165, 1.54) is 11.8 Å². The van der Waals surface area contributed by atoms with Crippen LogP contribution in [0.25, 0.3) is 17.0 Å². The van der Waals surface area contributed by atoms with Crippen LogP contribution in [0.15, 0.2) is 34.0 Å². The number of carbonyl (C=O) groups is 2. The number of thioether (sulfide) groups is 1. The number of aryl methyl sites for hydroxylation is 1. The highest BCUT2D eigenvalue weighted by Crippen LogP contribution is 2.37. The van der Waals surface area contributed by atoms with Crippen molar-refractivity contribution in [1.29, 1.82) is 0 Å². The third kappa shape index (κ3) is 5.21. The van der Waals surface area contributed by atoms with Crippen LogP contribution < -0.4 is 10.5 Å². The Morgan fingerprint density at radius 2 is 1.94 bits per heavy atom. The van der Waals surface area contributed by atoms with Gasteiger partial charge in [-0.3, -0.25) is 19.3 Å². The fourth-order valence-corrected chi connectivity index (χ4v) is 6.05. The summed E-state index contributed by atoms with van der Waals surface area (Å²) >= 11 is 6.68. The standard InChI is InChI=1S/C26H31N3O5S2/c1-4-34-25(32)17-10-13-28(14-11-17)22-18-8-5-6-9-20(18)27(2)23(30)19(22)16-21-24(31)29(26(35)36-21)12-7-15-33-3/h5-6,8-9,16-17H,4,7,10-15H2,1-3H3. The van der Waals surface area contributed by atoms with E-state index < -0.39 is 0 Å². The van der Waals surface area contributed by atoms with Crippen molar-refractivity contribution in [3.8, 4) is 0 Å². The second kappa shape index (κ2) is 11.6. The lowest BCUT2D eigenvalue weighted by atomic mass is 9.95. The predicted molar refractivity (Wildman–Crippen MR) is 147 cm³/mol. The molecule has 10 heteroatoms. The van der Waals surface area contributed by atoms with E-state index in [0.29, 0.717) is 66.9 Å². The number of hydrogen-bond donors (Lipinski definition) is 0. The van der Waals surface area contributed by atoms with Crippen LogP contribution in [0.5, 0.6) is 0 Å². The third-order valence-electron chi connectivity index (χ3n) is 6.62. The number of para-hydroxylation sites is 1. The van der Waals surface area contributed by atoms with Crippen LogP contribution >= 0.6 is 24.0 Å². The number of methoxy groups -OCH3 is 1. The second-order valence-electron chi connectivity index (χ2n) is 8.84. The van der Waals surface area contributed by atoms with Crippen LogP contribution in [-0.4, -0.2) is 65.6 Å². The molecule has 0 N–H and O–H groups in total. The minimum atomic E-state index is -0.191. The molecule has 2 saturated heterocycles. The fraction of sp³-hybridized carbons (Fsp3) is 0.462. The number of esters is 1. The van der Waals surface area contributed by atoms with E-state index in [4.69, 9.17) is 21.7 Å². The molecule has 0 radical (unpaired) electrons. The molecule has 192 valence electrons. The molecule has 1 aromatic carbocycles. The fourth-order valence-electron chi connectivity index (χ4n) is 4.76. The minimum absolute atomic E-state index is 0.147. The summed E-state index contributed by atoms with van der Waals surface area (Å²) in [5, 5.41) is 0.927. The Balaban J connectivity index is 1.74. The lowest BCUT2D eigenvalue weighted by molar-refractivity contribution is -0.148. The molecule has 0 saturated carbocycles. The number of carbonyl (C=O) groups excluding carboxylic acids is 2. The number of nitrogens with zero attached hydrogens (tertiary/aromatic N) is 3. The Bertz CT molecular complexity index is 1260. The minimum Gasteiger partial charge on any atom is -0.466 e. The van der Waals surface area contributed by atoms with E-state index in [1.54, 1.807) is 29.7 Å². The summed E-state index contributed by atoms with van der Waals surface area (Å²) in [7, 11) is 3.37. The maximum Gasteiger partial charge on any atom is 0.309 e. The molecule has 0 spiro atoms. The van der Waals surface area contributed by atoms with Gasteiger partial charge in [-0.2, -0.15) is 0 Å². The van der Waals surface area contributed by atoms with Crippen molar-refractivity contribution in [2.24, 2.45) is 13.0 Å². The lowest BCUT2D eigenvalue weighted by Crippen LogP contribution is -2.38. The smallest absolute Gasteiger partial charge is 0.309 e. The van der Waals surface area contributed by atoms with Crippen LogP contribution in [0, 0.1) is 5.92 Å². The third-order valence-corrected chi connectivity index (χ3v) is 8.00. The number of rotatable bonds is 8. The average Bonchev–Trinajstić information content (AvgIpc) is 3.15. The van der Waals surface area contributed by atoms with Gasteiger partial charge in [-0.15, -0.1) is 0 Å². The molecular formula is C26H31N3O5S2. The monoisotopic (exact) mass is 529 g/mol. The van der Waals surface area contributed by atoms with Crippen LogP contribution in [-0.2, 0) is 26.1 Å². The van der Waals surface area contributed by atoms with Crippen molar-refractivity contribution >= 4 is 62.8 Å². The van der Waals surface area contributed by atoms with Gasteiger partial charge < -0.3 is 18.9 Å². The van der Waals surface area contributed by atoms with Crippen LogP contribution in [0.4, 0.5) is 5.69 Å². The van der Waals surface area contributed by atoms with Gasteiger partial charge in [-0.1, -0.05) is 42.2 Å². The molecular weight excluding hydrogens is 498 g/mol. The van der Waals surface area contributed by atoms with Gasteiger partial charge in [0.15, 0.2) is 0 Å². The first-order valence-electron chi connectivity index (χ1n) is 12.1. The molecule has 1 aromatic heterocycles. The number of hydrogen-bond acceptors (Lipinski definition) is 8. The van der Waals surface area contributed by atoms with Crippen molar-refractivity contribution in [2.45, 2.75) is 26.2 Å². The molecule has 4 rings (SSSR count). The van der Waals surface area contributed by atoms with Gasteiger partial charge in [0.25, 0.3) is 11.5 Å². The molecule has 36 heavy (non-hydrogen) atoms. The molecule has 3 heterocycles. The number of ether oxygens (including phenoxy) is 2. The number of fused-ring (bicyclic) bond motifs is 1. The van der Waals surface area contributed by atoms with Crippen LogP contribution in [0.2, 0.25) is 0 Å². The van der Waals surface area contributed by atoms with Crippen molar-refractivity contribution in [2.75, 3.05) is 44.9 Å². The van der Waals surface area contributed by atoms with Gasteiger partial charge in [0.05, 0.1) is 34.2 Å². The summed E-state index contributed by atoms with van der Waals surface area (Å²) in [5.41, 5.74) is 1.89. The quantitative estimate of drug-likeness (QED) is 0.222. The summed E-state index contributed by atoms with van der Waals surface area (Å²) in [6, 6.07) is 7.77. The normalized spacial score (nSPS) is 18.0. The number of anilines is 1. The second-order valence-corrected chi connectivity index (χ2v) is 10.5. The Labute approximate surface area is 220 Å². The zero-order valence-corrected chi connectivity index (χ0v) is 22.5. The average molecular weight is 530 g/mol. The summed E-state index contributed by atoms with van der Waals surface area (Å²) in [6.45, 7) is 4.41. The molecule has 2 fully saturated rings. The van der Waals surface area contributed by atoms with Gasteiger partial charge in [0.1, 0.15) is 4.32 Å². The molecule has 0 bridgehead atoms. The summed E-state index contributed by atoms with van der Waals surface area (Å²) in [4.78, 5) is 43.2. The van der Waals surface area contributed by atoms with Crippen molar-refractivity contribution in [3.05, 3.63) is 45.1 Å². The van der Waals surface area contributed by atoms with E-state index in [-0.39, 0.29) is 23.4 Å². The number of benzene rings is 1. The lowest BCUT2D eigenvalue weighted by Gasteiger charge is -2.34. The Kier molecular flexibility index (Phi) is 8.48. The molecule has 0 atom stereocenters. The molecule has 2 aliphatic heterocycles. The van der Waals surface area contributed by atoms with E-state index in [2.05, 4.69) is 4.90 Å². The maximum atomic E-state index is 13.6. The summed E-state index contributed by atoms with van der Waals surface area (Å²) in [6.07, 6.45) is 3.65. The van der Waals surface area contributed by atoms with Gasteiger partial charge in [-0.05, 0) is 38.3 Å². The summed E-state index contributed by atoms with van der Waals surface area (Å²) < 4.78 is 12.4. The van der Waals surface area contributed by atoms with Crippen molar-refractivity contribution < 1.29 is 19.1 Å². The zero-order valence-electron chi connectivity index (χ0n) is 20.8. The highest BCUT2D eigenvalue weighted by Gasteiger charge is 2.33. The molecule has 2 aromatic rings. The first kappa shape index (κ1) is 26.4. The Hall–Kier alpha value is -2.69. The Morgan fingerprint density at radius 1 is 1.22 bits per heavy atom. The molecule has 0 aliphatic carbocycles. The van der Waals surface area contributed by atoms with Gasteiger partial charge in [0.2, 0.25) is 0 Å². The number of pyridine rings is 1. The van der Waals surface area contributed by atoms with Crippen LogP contribution in [0.3, 0.4) is 0 Å². The number of thiocarbonyl (C=S) groups is 1. The highest BCUT2D eigenvalue weighted by atomic mass is 32.2. The highest BCUT2D eigenvalue weighted by molar-refractivity contribution is 8.26. The zero-order chi connectivity index (χ0) is 25.8. The van der Waals surface area contributed by atoms with E-state index in [0.717, 1.165) is 16.6 Å². The van der Waals surface area contributed by atoms with E-state index in [1.807, 2.05) is 31.2 Å². The molecule has 0 unspecified atom stereocenters. The predicted octanol–water partition coefficient (Wildman–Crippen LogP) is 3.56. The first-order valence-corrected chi connectivity index (χ1v) is 13.4. The number of amides is 1. The van der Waals surface area contributed by atoms with Crippen molar-refractivity contribution in [3.63, 3.8) is 0 Å². The Morgan fingerprint density at radius 3 is 2.64 bits per heavy atom. The van der Waals surface area contributed by atoms with Gasteiger partial charge in [-0.25, -0.2) is 0 Å². The largest absolute Gasteiger partial charge is 0.466 e. The van der Waals surface area contributed by atoms with Crippen molar-refractivity contribution in [1.82, 2.24) is 9.47 Å². The van der Waals surface area contributed by atoms with E-state index >= 15 is 0 Å². The van der Waals surface area contributed by atoms with Gasteiger partial charge in [0, 0.05) is 45.8 Å². The first-order chi connectivity index (χ1) is 17.4. The topological polar surface area (TPSA) is 81.1 Å². The van der Waals surface area contributed by atoms with E-state index in [9.17, 15) is 14.4 Å². The number of aromatic nitrogens is 1. The van der Waals surface area contributed by atoms with Crippen LogP contribution in [0.1, 0.15) is 31.7 Å².